The first-order valence-corrected chi connectivity index (χ1v) is 7.74. The van der Waals surface area contributed by atoms with Crippen molar-refractivity contribution in [3.8, 4) is 0 Å². The highest BCUT2D eigenvalue weighted by Crippen LogP contribution is 2.26. The summed E-state index contributed by atoms with van der Waals surface area (Å²) in [6.07, 6.45) is -0.292. The molecular weight excluding hydrogens is 274 g/mol. The maximum absolute atomic E-state index is 11.7. The molecule has 0 N–H and O–H groups in total. The molecule has 5 heteroatoms. The lowest BCUT2D eigenvalue weighted by atomic mass is 10.3. The SMILES string of the molecule is CCOC(CSC(=O)C(C)C)c1nc2ccccc2o1. The lowest BCUT2D eigenvalue weighted by Crippen LogP contribution is -2.11. The Morgan fingerprint density at radius 3 is 2.80 bits per heavy atom. The number of nitrogens with zero attached hydrogens (tertiary/aromatic N) is 1. The summed E-state index contributed by atoms with van der Waals surface area (Å²) in [7, 11) is 0. The van der Waals surface area contributed by atoms with E-state index in [2.05, 4.69) is 4.98 Å². The monoisotopic (exact) mass is 293 g/mol. The minimum atomic E-state index is -0.292. The van der Waals surface area contributed by atoms with Crippen LogP contribution in [0.2, 0.25) is 0 Å². The Morgan fingerprint density at radius 1 is 1.40 bits per heavy atom. The number of fused-ring (bicyclic) bond motifs is 1. The zero-order valence-corrected chi connectivity index (χ0v) is 12.8. The van der Waals surface area contributed by atoms with E-state index in [1.165, 1.54) is 11.8 Å². The topological polar surface area (TPSA) is 52.3 Å². The van der Waals surface area contributed by atoms with Crippen LogP contribution in [0.15, 0.2) is 28.7 Å². The van der Waals surface area contributed by atoms with Gasteiger partial charge in [0.15, 0.2) is 10.7 Å². The summed E-state index contributed by atoms with van der Waals surface area (Å²) in [6, 6.07) is 7.60. The highest BCUT2D eigenvalue weighted by molar-refractivity contribution is 8.13. The van der Waals surface area contributed by atoms with Crippen molar-refractivity contribution in [2.45, 2.75) is 26.9 Å². The van der Waals surface area contributed by atoms with Gasteiger partial charge in [-0.15, -0.1) is 0 Å². The molecule has 0 radical (unpaired) electrons. The molecule has 1 aromatic carbocycles. The smallest absolute Gasteiger partial charge is 0.225 e. The lowest BCUT2D eigenvalue weighted by molar-refractivity contribution is -0.113. The number of hydrogen-bond donors (Lipinski definition) is 0. The van der Waals surface area contributed by atoms with Crippen LogP contribution in [0, 0.1) is 5.92 Å². The van der Waals surface area contributed by atoms with Gasteiger partial charge in [0, 0.05) is 18.3 Å². The van der Waals surface area contributed by atoms with Crippen LogP contribution in [0.4, 0.5) is 0 Å². The third kappa shape index (κ3) is 3.61. The molecule has 0 aliphatic carbocycles. The zero-order chi connectivity index (χ0) is 14.5. The first kappa shape index (κ1) is 15.1. The van der Waals surface area contributed by atoms with Crippen molar-refractivity contribution >= 4 is 28.0 Å². The first-order valence-electron chi connectivity index (χ1n) is 6.75. The molecular formula is C15H19NO3S. The zero-order valence-electron chi connectivity index (χ0n) is 12.0. The summed E-state index contributed by atoms with van der Waals surface area (Å²) in [4.78, 5) is 16.1. The molecule has 4 nitrogen and oxygen atoms in total. The van der Waals surface area contributed by atoms with Crippen LogP contribution >= 0.6 is 11.8 Å². The fourth-order valence-electron chi connectivity index (χ4n) is 1.74. The number of carbonyl (C=O) groups excluding carboxylic acids is 1. The van der Waals surface area contributed by atoms with Crippen LogP contribution in [-0.4, -0.2) is 22.5 Å². The summed E-state index contributed by atoms with van der Waals surface area (Å²) in [5, 5.41) is 0.158. The predicted octanol–water partition coefficient (Wildman–Crippen LogP) is 3.82. The van der Waals surface area contributed by atoms with E-state index in [-0.39, 0.29) is 17.1 Å². The number of thioether (sulfide) groups is 1. The molecule has 0 saturated carbocycles. The fraction of sp³-hybridized carbons (Fsp3) is 0.467. The third-order valence-corrected chi connectivity index (χ3v) is 4.03. The van der Waals surface area contributed by atoms with Crippen molar-refractivity contribution in [3.05, 3.63) is 30.2 Å². The van der Waals surface area contributed by atoms with Crippen LogP contribution in [0.1, 0.15) is 32.8 Å². The van der Waals surface area contributed by atoms with Crippen LogP contribution in [0.3, 0.4) is 0 Å². The Bertz CT molecular complexity index is 546. The van der Waals surface area contributed by atoms with Gasteiger partial charge in [-0.1, -0.05) is 37.7 Å². The number of aromatic nitrogens is 1. The summed E-state index contributed by atoms with van der Waals surface area (Å²) < 4.78 is 11.4. The largest absolute Gasteiger partial charge is 0.438 e. The van der Waals surface area contributed by atoms with Crippen molar-refractivity contribution in [1.29, 1.82) is 0 Å². The third-order valence-electron chi connectivity index (χ3n) is 2.80. The molecule has 0 bridgehead atoms. The van der Waals surface area contributed by atoms with Gasteiger partial charge in [-0.25, -0.2) is 4.98 Å². The van der Waals surface area contributed by atoms with E-state index in [4.69, 9.17) is 9.15 Å². The molecule has 2 aromatic rings. The van der Waals surface area contributed by atoms with E-state index in [1.807, 2.05) is 45.0 Å². The second-order valence-corrected chi connectivity index (χ2v) is 5.77. The quantitative estimate of drug-likeness (QED) is 0.810. The molecule has 0 spiro atoms. The Morgan fingerprint density at radius 2 is 2.15 bits per heavy atom. The van der Waals surface area contributed by atoms with Gasteiger partial charge in [0.2, 0.25) is 5.89 Å². The van der Waals surface area contributed by atoms with Crippen molar-refractivity contribution in [1.82, 2.24) is 4.98 Å². The number of oxazole rings is 1. The van der Waals surface area contributed by atoms with Crippen LogP contribution in [0.25, 0.3) is 11.1 Å². The maximum atomic E-state index is 11.7. The minimum Gasteiger partial charge on any atom is -0.438 e. The van der Waals surface area contributed by atoms with E-state index in [0.29, 0.717) is 18.3 Å². The number of para-hydroxylation sites is 2. The van der Waals surface area contributed by atoms with Crippen molar-refractivity contribution in [2.75, 3.05) is 12.4 Å². The highest BCUT2D eigenvalue weighted by Gasteiger charge is 2.21. The average Bonchev–Trinajstić information content (AvgIpc) is 2.86. The average molecular weight is 293 g/mol. The van der Waals surface area contributed by atoms with E-state index < -0.39 is 0 Å². The van der Waals surface area contributed by atoms with Crippen LogP contribution < -0.4 is 0 Å². The van der Waals surface area contributed by atoms with E-state index in [9.17, 15) is 4.79 Å². The van der Waals surface area contributed by atoms with Gasteiger partial charge in [-0.05, 0) is 19.1 Å². The Hall–Kier alpha value is -1.33. The molecule has 1 heterocycles. The van der Waals surface area contributed by atoms with Gasteiger partial charge in [0.05, 0.1) is 0 Å². The summed E-state index contributed by atoms with van der Waals surface area (Å²) in [5.41, 5.74) is 1.56. The number of rotatable bonds is 6. The molecule has 0 aliphatic rings. The van der Waals surface area contributed by atoms with Gasteiger partial charge in [0.1, 0.15) is 11.6 Å². The van der Waals surface area contributed by atoms with E-state index in [1.54, 1.807) is 0 Å². The van der Waals surface area contributed by atoms with Crippen LogP contribution in [-0.2, 0) is 9.53 Å². The van der Waals surface area contributed by atoms with E-state index >= 15 is 0 Å². The number of carbonyl (C=O) groups is 1. The molecule has 0 aliphatic heterocycles. The molecule has 0 saturated heterocycles. The molecule has 1 aromatic heterocycles. The molecule has 1 atom stereocenters. The van der Waals surface area contributed by atoms with Gasteiger partial charge in [0.25, 0.3) is 0 Å². The Kier molecular flexibility index (Phi) is 5.20. The second-order valence-electron chi connectivity index (χ2n) is 4.75. The van der Waals surface area contributed by atoms with Crippen molar-refractivity contribution in [3.63, 3.8) is 0 Å². The Balaban J connectivity index is 2.13. The fourth-order valence-corrected chi connectivity index (χ4v) is 2.63. The number of ether oxygens (including phenoxy) is 1. The lowest BCUT2D eigenvalue weighted by Gasteiger charge is -2.13. The number of hydrogen-bond acceptors (Lipinski definition) is 5. The van der Waals surface area contributed by atoms with Crippen molar-refractivity contribution in [2.24, 2.45) is 5.92 Å². The standard InChI is InChI=1S/C15H19NO3S/c1-4-18-13(9-20-15(17)10(2)3)14-16-11-7-5-6-8-12(11)19-14/h5-8,10,13H,4,9H2,1-3H3. The molecule has 0 fully saturated rings. The molecule has 0 amide bonds. The second kappa shape index (κ2) is 6.90. The predicted molar refractivity (Wildman–Crippen MR) is 80.7 cm³/mol. The molecule has 2 rings (SSSR count). The molecule has 20 heavy (non-hydrogen) atoms. The highest BCUT2D eigenvalue weighted by atomic mass is 32.2. The van der Waals surface area contributed by atoms with Crippen molar-refractivity contribution < 1.29 is 13.9 Å². The molecule has 1 unspecified atom stereocenters. The normalized spacial score (nSPS) is 13.0. The first-order chi connectivity index (χ1) is 9.61. The maximum Gasteiger partial charge on any atom is 0.225 e. The minimum absolute atomic E-state index is 0.0194. The van der Waals surface area contributed by atoms with Gasteiger partial charge in [-0.2, -0.15) is 0 Å². The van der Waals surface area contributed by atoms with Gasteiger partial charge >= 0.3 is 0 Å². The Labute approximate surface area is 122 Å². The summed E-state index contributed by atoms with van der Waals surface area (Å²) >= 11 is 1.27. The van der Waals surface area contributed by atoms with Gasteiger partial charge < -0.3 is 9.15 Å². The van der Waals surface area contributed by atoms with Gasteiger partial charge in [-0.3, -0.25) is 4.79 Å². The summed E-state index contributed by atoms with van der Waals surface area (Å²) in [6.45, 7) is 6.26. The summed E-state index contributed by atoms with van der Waals surface area (Å²) in [5.74, 6) is 1.08. The number of benzene rings is 1. The molecule has 108 valence electrons. The van der Waals surface area contributed by atoms with E-state index in [0.717, 1.165) is 11.1 Å². The van der Waals surface area contributed by atoms with Crippen LogP contribution in [0.5, 0.6) is 0 Å².